The standard InChI is InChI=1S/C16H19ClN4O3S/c1-10-4-5-12(8-14(10)17)21-11(2)15(18-19-21)16(22)20(3)13-6-7-25(23,24)9-13/h4-5,8,13H,6-7,9H2,1-3H3/t13-/m1/s1. The minimum atomic E-state index is -3.06. The number of nitrogens with zero attached hydrogens (tertiary/aromatic N) is 4. The van der Waals surface area contributed by atoms with E-state index in [1.165, 1.54) is 4.90 Å². The number of sulfone groups is 1. The molecule has 9 heteroatoms. The molecule has 1 aliphatic heterocycles. The Kier molecular flexibility index (Phi) is 4.59. The average Bonchev–Trinajstić information content (AvgIpc) is 3.11. The van der Waals surface area contributed by atoms with Crippen molar-refractivity contribution in [2.75, 3.05) is 18.6 Å². The van der Waals surface area contributed by atoms with Crippen LogP contribution in [0.4, 0.5) is 0 Å². The van der Waals surface area contributed by atoms with E-state index in [4.69, 9.17) is 11.6 Å². The summed E-state index contributed by atoms with van der Waals surface area (Å²) in [4.78, 5) is 14.2. The molecule has 1 aromatic heterocycles. The van der Waals surface area contributed by atoms with Crippen molar-refractivity contribution in [3.63, 3.8) is 0 Å². The first kappa shape index (κ1) is 17.9. The molecule has 0 N–H and O–H groups in total. The number of aromatic nitrogens is 3. The summed E-state index contributed by atoms with van der Waals surface area (Å²) in [6.45, 7) is 3.65. The van der Waals surface area contributed by atoms with Crippen LogP contribution in [0.5, 0.6) is 0 Å². The Balaban J connectivity index is 1.87. The molecule has 0 saturated carbocycles. The highest BCUT2D eigenvalue weighted by Crippen LogP contribution is 2.22. The van der Waals surface area contributed by atoms with Crippen LogP contribution < -0.4 is 0 Å². The number of carbonyl (C=O) groups excluding carboxylic acids is 1. The Morgan fingerprint density at radius 2 is 2.08 bits per heavy atom. The van der Waals surface area contributed by atoms with Crippen molar-refractivity contribution in [2.24, 2.45) is 0 Å². The van der Waals surface area contributed by atoms with Crippen LogP contribution in [-0.2, 0) is 9.84 Å². The first-order valence-electron chi connectivity index (χ1n) is 7.86. The van der Waals surface area contributed by atoms with Crippen molar-refractivity contribution in [1.82, 2.24) is 19.9 Å². The second kappa shape index (κ2) is 6.42. The molecule has 2 heterocycles. The van der Waals surface area contributed by atoms with Gasteiger partial charge in [-0.3, -0.25) is 4.79 Å². The highest BCUT2D eigenvalue weighted by Gasteiger charge is 2.34. The third-order valence-electron chi connectivity index (χ3n) is 4.57. The molecule has 7 nitrogen and oxygen atoms in total. The van der Waals surface area contributed by atoms with Gasteiger partial charge in [-0.05, 0) is 38.0 Å². The van der Waals surface area contributed by atoms with Crippen molar-refractivity contribution in [3.8, 4) is 5.69 Å². The Labute approximate surface area is 151 Å². The molecule has 1 aliphatic rings. The molecule has 134 valence electrons. The molecule has 3 rings (SSSR count). The number of amides is 1. The summed E-state index contributed by atoms with van der Waals surface area (Å²) in [7, 11) is -1.46. The van der Waals surface area contributed by atoms with Crippen molar-refractivity contribution < 1.29 is 13.2 Å². The third kappa shape index (κ3) is 3.41. The number of hydrogen-bond acceptors (Lipinski definition) is 5. The lowest BCUT2D eigenvalue weighted by atomic mass is 10.2. The summed E-state index contributed by atoms with van der Waals surface area (Å²) in [5.41, 5.74) is 2.45. The fourth-order valence-corrected chi connectivity index (χ4v) is 4.85. The zero-order valence-corrected chi connectivity index (χ0v) is 15.8. The minimum absolute atomic E-state index is 0.00397. The van der Waals surface area contributed by atoms with E-state index < -0.39 is 9.84 Å². The van der Waals surface area contributed by atoms with E-state index in [-0.39, 0.29) is 29.1 Å². The van der Waals surface area contributed by atoms with Crippen LogP contribution in [0.25, 0.3) is 5.69 Å². The Morgan fingerprint density at radius 3 is 2.68 bits per heavy atom. The van der Waals surface area contributed by atoms with E-state index in [1.807, 2.05) is 19.1 Å². The molecule has 1 amide bonds. The molecule has 2 aromatic rings. The molecule has 0 radical (unpaired) electrons. The van der Waals surface area contributed by atoms with Crippen LogP contribution in [0.2, 0.25) is 5.02 Å². The largest absolute Gasteiger partial charge is 0.336 e. The highest BCUT2D eigenvalue weighted by atomic mass is 35.5. The maximum absolute atomic E-state index is 12.7. The van der Waals surface area contributed by atoms with Crippen molar-refractivity contribution in [1.29, 1.82) is 0 Å². The number of hydrogen-bond donors (Lipinski definition) is 0. The average molecular weight is 383 g/mol. The number of aryl methyl sites for hydroxylation is 1. The highest BCUT2D eigenvalue weighted by molar-refractivity contribution is 7.91. The second-order valence-electron chi connectivity index (χ2n) is 6.34. The van der Waals surface area contributed by atoms with Gasteiger partial charge in [-0.25, -0.2) is 13.1 Å². The number of benzene rings is 1. The van der Waals surface area contributed by atoms with Crippen LogP contribution in [0, 0.1) is 13.8 Å². The lowest BCUT2D eigenvalue weighted by Crippen LogP contribution is -2.38. The number of rotatable bonds is 3. The maximum atomic E-state index is 12.7. The van der Waals surface area contributed by atoms with Gasteiger partial charge in [0.2, 0.25) is 0 Å². The van der Waals surface area contributed by atoms with Gasteiger partial charge in [-0.15, -0.1) is 5.10 Å². The van der Waals surface area contributed by atoms with Gasteiger partial charge in [0.25, 0.3) is 5.91 Å². The van der Waals surface area contributed by atoms with Gasteiger partial charge in [0.05, 0.1) is 22.9 Å². The van der Waals surface area contributed by atoms with Gasteiger partial charge in [-0.2, -0.15) is 0 Å². The van der Waals surface area contributed by atoms with Gasteiger partial charge in [-0.1, -0.05) is 22.9 Å². The molecule has 0 bridgehead atoms. The summed E-state index contributed by atoms with van der Waals surface area (Å²) in [5, 5.41) is 8.67. The molecule has 1 atom stereocenters. The van der Waals surface area contributed by atoms with Crippen LogP contribution >= 0.6 is 11.6 Å². The summed E-state index contributed by atoms with van der Waals surface area (Å²) < 4.78 is 24.8. The predicted octanol–water partition coefficient (Wildman–Crippen LogP) is 1.80. The normalized spacial score (nSPS) is 19.1. The van der Waals surface area contributed by atoms with Crippen LogP contribution in [-0.4, -0.2) is 58.8 Å². The van der Waals surface area contributed by atoms with Crippen LogP contribution in [0.15, 0.2) is 18.2 Å². The molecule has 1 saturated heterocycles. The first-order valence-corrected chi connectivity index (χ1v) is 10.1. The van der Waals surface area contributed by atoms with Crippen molar-refractivity contribution >= 4 is 27.3 Å². The Morgan fingerprint density at radius 1 is 1.36 bits per heavy atom. The molecule has 1 aromatic carbocycles. The maximum Gasteiger partial charge on any atom is 0.276 e. The van der Waals surface area contributed by atoms with Gasteiger partial charge in [0.1, 0.15) is 0 Å². The molecule has 0 aliphatic carbocycles. The fraction of sp³-hybridized carbons (Fsp3) is 0.438. The quantitative estimate of drug-likeness (QED) is 0.808. The lowest BCUT2D eigenvalue weighted by molar-refractivity contribution is 0.0741. The second-order valence-corrected chi connectivity index (χ2v) is 8.98. The summed E-state index contributed by atoms with van der Waals surface area (Å²) in [6, 6.07) is 5.16. The van der Waals surface area contributed by atoms with Crippen molar-refractivity contribution in [2.45, 2.75) is 26.3 Å². The van der Waals surface area contributed by atoms with Gasteiger partial charge in [0, 0.05) is 18.1 Å². The van der Waals surface area contributed by atoms with Crippen molar-refractivity contribution in [3.05, 3.63) is 40.2 Å². The van der Waals surface area contributed by atoms with Gasteiger partial charge in [0.15, 0.2) is 15.5 Å². The van der Waals surface area contributed by atoms with Crippen LogP contribution in [0.1, 0.15) is 28.2 Å². The summed E-state index contributed by atoms with van der Waals surface area (Å²) in [6.07, 6.45) is 0.450. The van der Waals surface area contributed by atoms with Gasteiger partial charge < -0.3 is 4.90 Å². The Hall–Kier alpha value is -1.93. The monoisotopic (exact) mass is 382 g/mol. The SMILES string of the molecule is Cc1ccc(-n2nnc(C(=O)N(C)[C@@H]3CCS(=O)(=O)C3)c2C)cc1Cl. The lowest BCUT2D eigenvalue weighted by Gasteiger charge is -2.22. The molecule has 0 unspecified atom stereocenters. The third-order valence-corrected chi connectivity index (χ3v) is 6.73. The molecular weight excluding hydrogens is 364 g/mol. The smallest absolute Gasteiger partial charge is 0.276 e. The van der Waals surface area contributed by atoms with E-state index in [2.05, 4.69) is 10.3 Å². The summed E-state index contributed by atoms with van der Waals surface area (Å²) in [5.74, 6) is -0.220. The molecule has 1 fully saturated rings. The zero-order chi connectivity index (χ0) is 18.4. The van der Waals surface area contributed by atoms with Gasteiger partial charge >= 0.3 is 0 Å². The molecule has 25 heavy (non-hydrogen) atoms. The zero-order valence-electron chi connectivity index (χ0n) is 14.2. The minimum Gasteiger partial charge on any atom is -0.336 e. The van der Waals surface area contributed by atoms with E-state index in [9.17, 15) is 13.2 Å². The Bertz CT molecular complexity index is 939. The molecular formula is C16H19ClN4O3S. The summed E-state index contributed by atoms with van der Waals surface area (Å²) >= 11 is 6.16. The first-order chi connectivity index (χ1) is 11.7. The van der Waals surface area contributed by atoms with E-state index in [0.717, 1.165) is 5.56 Å². The van der Waals surface area contributed by atoms with E-state index in [0.29, 0.717) is 22.8 Å². The van der Waals surface area contributed by atoms with E-state index >= 15 is 0 Å². The van der Waals surface area contributed by atoms with Crippen LogP contribution in [0.3, 0.4) is 0 Å². The molecule has 0 spiro atoms. The fourth-order valence-electron chi connectivity index (χ4n) is 2.90. The van der Waals surface area contributed by atoms with E-state index in [1.54, 1.807) is 24.7 Å². The number of carbonyl (C=O) groups is 1. The number of halogens is 1. The topological polar surface area (TPSA) is 85.2 Å². The predicted molar refractivity (Wildman–Crippen MR) is 95.0 cm³/mol.